The summed E-state index contributed by atoms with van der Waals surface area (Å²) in [6, 6.07) is 15.3. The van der Waals surface area contributed by atoms with Gasteiger partial charge in [0.15, 0.2) is 6.10 Å². The van der Waals surface area contributed by atoms with Crippen molar-refractivity contribution in [3.63, 3.8) is 0 Å². The van der Waals surface area contributed by atoms with Gasteiger partial charge in [-0.15, -0.1) is 5.10 Å². The number of hydrogen-bond acceptors (Lipinski definition) is 4. The van der Waals surface area contributed by atoms with Crippen LogP contribution in [-0.2, 0) is 10.2 Å². The molecule has 0 radical (unpaired) electrons. The van der Waals surface area contributed by atoms with Crippen molar-refractivity contribution < 1.29 is 9.53 Å². The van der Waals surface area contributed by atoms with E-state index in [-0.39, 0.29) is 11.3 Å². The maximum Gasteiger partial charge on any atom is 0.265 e. The molecular formula is C21H24N4O2. The van der Waals surface area contributed by atoms with Crippen LogP contribution in [0.15, 0.2) is 60.9 Å². The van der Waals surface area contributed by atoms with Gasteiger partial charge in [-0.05, 0) is 42.2 Å². The molecule has 140 valence electrons. The van der Waals surface area contributed by atoms with Crippen molar-refractivity contribution in [2.45, 2.75) is 39.2 Å². The van der Waals surface area contributed by atoms with Crippen LogP contribution in [0.5, 0.6) is 5.75 Å². The fourth-order valence-electron chi connectivity index (χ4n) is 2.64. The lowest BCUT2D eigenvalue weighted by Gasteiger charge is -2.20. The lowest BCUT2D eigenvalue weighted by molar-refractivity contribution is -0.122. The highest BCUT2D eigenvalue weighted by atomic mass is 16.5. The fourth-order valence-corrected chi connectivity index (χ4v) is 2.64. The zero-order valence-electron chi connectivity index (χ0n) is 16.0. The smallest absolute Gasteiger partial charge is 0.265 e. The van der Waals surface area contributed by atoms with E-state index in [9.17, 15) is 4.79 Å². The van der Waals surface area contributed by atoms with Gasteiger partial charge in [0, 0.05) is 0 Å². The first-order chi connectivity index (χ1) is 12.8. The summed E-state index contributed by atoms with van der Waals surface area (Å²) >= 11 is 0. The zero-order valence-corrected chi connectivity index (χ0v) is 16.0. The molecule has 0 fully saturated rings. The van der Waals surface area contributed by atoms with E-state index in [0.29, 0.717) is 11.4 Å². The Kier molecular flexibility index (Phi) is 5.26. The Hall–Kier alpha value is -3.15. The molecule has 1 amide bonds. The number of carbonyl (C=O) groups is 1. The highest BCUT2D eigenvalue weighted by molar-refractivity contribution is 5.95. The molecule has 0 saturated carbocycles. The highest BCUT2D eigenvalue weighted by Gasteiger charge is 2.18. The standard InChI is InChI=1S/C21H24N4O2/c1-15(27-17-11-9-16(10-12-17)21(2,3)4)20(26)23-18-7-5-6-8-19(18)25-14-13-22-24-25/h5-15H,1-4H3,(H,23,26). The minimum Gasteiger partial charge on any atom is -0.481 e. The summed E-state index contributed by atoms with van der Waals surface area (Å²) in [5, 5.41) is 10.7. The van der Waals surface area contributed by atoms with Gasteiger partial charge in [0.2, 0.25) is 0 Å². The molecule has 1 atom stereocenters. The molecule has 0 spiro atoms. The van der Waals surface area contributed by atoms with Gasteiger partial charge < -0.3 is 10.1 Å². The van der Waals surface area contributed by atoms with E-state index >= 15 is 0 Å². The van der Waals surface area contributed by atoms with E-state index in [0.717, 1.165) is 5.69 Å². The van der Waals surface area contributed by atoms with Crippen LogP contribution < -0.4 is 10.1 Å². The first-order valence-electron chi connectivity index (χ1n) is 8.88. The number of carbonyl (C=O) groups excluding carboxylic acids is 1. The van der Waals surface area contributed by atoms with E-state index in [1.807, 2.05) is 48.5 Å². The number of para-hydroxylation sites is 2. The molecule has 1 aromatic heterocycles. The van der Waals surface area contributed by atoms with E-state index < -0.39 is 6.10 Å². The Morgan fingerprint density at radius 2 is 1.81 bits per heavy atom. The van der Waals surface area contributed by atoms with E-state index in [4.69, 9.17) is 4.74 Å². The molecule has 27 heavy (non-hydrogen) atoms. The van der Waals surface area contributed by atoms with Gasteiger partial charge in [-0.1, -0.05) is 50.3 Å². The topological polar surface area (TPSA) is 69.0 Å². The van der Waals surface area contributed by atoms with Crippen LogP contribution in [0.25, 0.3) is 5.69 Å². The van der Waals surface area contributed by atoms with Crippen LogP contribution in [0.2, 0.25) is 0 Å². The normalized spacial score (nSPS) is 12.4. The van der Waals surface area contributed by atoms with Crippen molar-refractivity contribution in [1.29, 1.82) is 0 Å². The monoisotopic (exact) mass is 364 g/mol. The summed E-state index contributed by atoms with van der Waals surface area (Å²) < 4.78 is 7.40. The van der Waals surface area contributed by atoms with Crippen molar-refractivity contribution in [2.75, 3.05) is 5.32 Å². The number of anilines is 1. The van der Waals surface area contributed by atoms with E-state index in [2.05, 4.69) is 36.4 Å². The largest absolute Gasteiger partial charge is 0.481 e. The molecule has 6 nitrogen and oxygen atoms in total. The van der Waals surface area contributed by atoms with Gasteiger partial charge >= 0.3 is 0 Å². The van der Waals surface area contributed by atoms with Crippen molar-refractivity contribution >= 4 is 11.6 Å². The zero-order chi connectivity index (χ0) is 19.4. The molecule has 2 aromatic carbocycles. The minimum absolute atomic E-state index is 0.0760. The molecule has 0 bridgehead atoms. The molecule has 0 saturated heterocycles. The third-order valence-electron chi connectivity index (χ3n) is 4.23. The van der Waals surface area contributed by atoms with E-state index in [1.54, 1.807) is 24.0 Å². The number of aromatic nitrogens is 3. The Morgan fingerprint density at radius 3 is 2.44 bits per heavy atom. The van der Waals surface area contributed by atoms with Gasteiger partial charge in [-0.25, -0.2) is 4.68 Å². The Bertz CT molecular complexity index is 897. The molecule has 3 rings (SSSR count). The Balaban J connectivity index is 1.68. The summed E-state index contributed by atoms with van der Waals surface area (Å²) in [6.07, 6.45) is 2.67. The van der Waals surface area contributed by atoms with Gasteiger partial charge in [-0.2, -0.15) is 0 Å². The van der Waals surface area contributed by atoms with Crippen molar-refractivity contribution in [2.24, 2.45) is 0 Å². The number of ether oxygens (including phenoxy) is 1. The number of nitrogens with zero attached hydrogens (tertiary/aromatic N) is 3. The number of benzene rings is 2. The summed E-state index contributed by atoms with van der Waals surface area (Å²) in [5.74, 6) is 0.428. The maximum absolute atomic E-state index is 12.6. The van der Waals surface area contributed by atoms with Crippen molar-refractivity contribution in [3.8, 4) is 11.4 Å². The van der Waals surface area contributed by atoms with Gasteiger partial charge in [-0.3, -0.25) is 4.79 Å². The number of amides is 1. The third kappa shape index (κ3) is 4.53. The average molecular weight is 364 g/mol. The lowest BCUT2D eigenvalue weighted by Crippen LogP contribution is -2.30. The second kappa shape index (κ2) is 7.61. The number of nitrogens with one attached hydrogen (secondary N) is 1. The molecule has 1 N–H and O–H groups in total. The van der Waals surface area contributed by atoms with Crippen LogP contribution in [-0.4, -0.2) is 27.0 Å². The lowest BCUT2D eigenvalue weighted by atomic mass is 9.87. The van der Waals surface area contributed by atoms with Gasteiger partial charge in [0.05, 0.1) is 23.8 Å². The van der Waals surface area contributed by atoms with Crippen LogP contribution in [0.1, 0.15) is 33.3 Å². The van der Waals surface area contributed by atoms with Crippen LogP contribution in [0, 0.1) is 0 Å². The SMILES string of the molecule is CC(Oc1ccc(C(C)(C)C)cc1)C(=O)Nc1ccccc1-n1ccnn1. The first kappa shape index (κ1) is 18.6. The predicted molar refractivity (Wildman–Crippen MR) is 105 cm³/mol. The number of rotatable bonds is 5. The minimum atomic E-state index is -0.644. The molecule has 1 heterocycles. The van der Waals surface area contributed by atoms with E-state index in [1.165, 1.54) is 5.56 Å². The highest BCUT2D eigenvalue weighted by Crippen LogP contribution is 2.25. The molecule has 0 aliphatic carbocycles. The van der Waals surface area contributed by atoms with Crippen LogP contribution in [0.4, 0.5) is 5.69 Å². The summed E-state index contributed by atoms with van der Waals surface area (Å²) in [4.78, 5) is 12.6. The third-order valence-corrected chi connectivity index (χ3v) is 4.23. The second-order valence-electron chi connectivity index (χ2n) is 7.39. The van der Waals surface area contributed by atoms with Crippen molar-refractivity contribution in [1.82, 2.24) is 15.0 Å². The summed E-state index contributed by atoms with van der Waals surface area (Å²) in [7, 11) is 0. The molecule has 0 aliphatic rings. The molecule has 1 unspecified atom stereocenters. The molecule has 0 aliphatic heterocycles. The Labute approximate surface area is 159 Å². The second-order valence-corrected chi connectivity index (χ2v) is 7.39. The van der Waals surface area contributed by atoms with Gasteiger partial charge in [0.25, 0.3) is 5.91 Å². The average Bonchev–Trinajstić information content (AvgIpc) is 3.16. The molecular weight excluding hydrogens is 340 g/mol. The number of hydrogen-bond donors (Lipinski definition) is 1. The summed E-state index contributed by atoms with van der Waals surface area (Å²) in [5.41, 5.74) is 2.68. The van der Waals surface area contributed by atoms with Gasteiger partial charge in [0.1, 0.15) is 5.75 Å². The van der Waals surface area contributed by atoms with Crippen LogP contribution >= 0.6 is 0 Å². The fraction of sp³-hybridized carbons (Fsp3) is 0.286. The Morgan fingerprint density at radius 1 is 1.11 bits per heavy atom. The quantitative estimate of drug-likeness (QED) is 0.744. The van der Waals surface area contributed by atoms with Crippen LogP contribution in [0.3, 0.4) is 0 Å². The first-order valence-corrected chi connectivity index (χ1v) is 8.88. The molecule has 6 heteroatoms. The summed E-state index contributed by atoms with van der Waals surface area (Å²) in [6.45, 7) is 8.20. The predicted octanol–water partition coefficient (Wildman–Crippen LogP) is 3.97. The molecule has 3 aromatic rings. The van der Waals surface area contributed by atoms with Crippen molar-refractivity contribution in [3.05, 3.63) is 66.5 Å². The maximum atomic E-state index is 12.6.